The van der Waals surface area contributed by atoms with Crippen LogP contribution in [0.25, 0.3) is 0 Å². The predicted molar refractivity (Wildman–Crippen MR) is 48.2 cm³/mol. The Morgan fingerprint density at radius 1 is 1.40 bits per heavy atom. The molecule has 0 aromatic rings. The molecule has 0 aromatic heterocycles. The molecule has 1 atom stereocenters. The summed E-state index contributed by atoms with van der Waals surface area (Å²) in [5.41, 5.74) is 1.02. The second-order valence-electron chi connectivity index (χ2n) is 3.54. The zero-order valence-corrected chi connectivity index (χ0v) is 8.16. The third kappa shape index (κ3) is 4.80. The number of rotatable bonds is 1. The van der Waals surface area contributed by atoms with E-state index in [0.717, 1.165) is 5.71 Å². The maximum Gasteiger partial charge on any atom is 0.0683 e. The van der Waals surface area contributed by atoms with Crippen LogP contribution in [0.15, 0.2) is 4.99 Å². The first-order chi connectivity index (χ1) is 4.33. The summed E-state index contributed by atoms with van der Waals surface area (Å²) in [5.74, 6) is 0. The molecule has 0 aliphatic carbocycles. The van der Waals surface area contributed by atoms with Gasteiger partial charge in [0.1, 0.15) is 0 Å². The van der Waals surface area contributed by atoms with E-state index >= 15 is 0 Å². The Hall–Kier alpha value is -0.0400. The SMILES string of the molecule is CC(=NC(C)(C)C)[C@H](C)Cl. The first-order valence-corrected chi connectivity index (χ1v) is 3.97. The smallest absolute Gasteiger partial charge is 0.0683 e. The molecule has 0 unspecified atom stereocenters. The van der Waals surface area contributed by atoms with E-state index in [2.05, 4.69) is 25.8 Å². The summed E-state index contributed by atoms with van der Waals surface area (Å²) >= 11 is 5.80. The van der Waals surface area contributed by atoms with Gasteiger partial charge in [-0.05, 0) is 34.6 Å². The van der Waals surface area contributed by atoms with Gasteiger partial charge in [0.25, 0.3) is 0 Å². The molecular formula is C8H16ClN. The number of aliphatic imine (C=N–C) groups is 1. The van der Waals surface area contributed by atoms with Crippen LogP contribution >= 0.6 is 11.6 Å². The highest BCUT2D eigenvalue weighted by molar-refractivity contribution is 6.31. The molecule has 0 amide bonds. The number of hydrogen-bond acceptors (Lipinski definition) is 1. The first kappa shape index (κ1) is 9.96. The molecule has 0 fully saturated rings. The van der Waals surface area contributed by atoms with Crippen molar-refractivity contribution in [1.29, 1.82) is 0 Å². The van der Waals surface area contributed by atoms with Crippen LogP contribution in [0.2, 0.25) is 0 Å². The predicted octanol–water partition coefficient (Wildman–Crippen LogP) is 2.87. The summed E-state index contributed by atoms with van der Waals surface area (Å²) in [6.07, 6.45) is 0. The third-order valence-electron chi connectivity index (χ3n) is 1.09. The second kappa shape index (κ2) is 3.38. The lowest BCUT2D eigenvalue weighted by atomic mass is 10.1. The highest BCUT2D eigenvalue weighted by Gasteiger charge is 2.09. The van der Waals surface area contributed by atoms with Gasteiger partial charge in [-0.25, -0.2) is 0 Å². The van der Waals surface area contributed by atoms with Gasteiger partial charge in [0, 0.05) is 5.71 Å². The van der Waals surface area contributed by atoms with E-state index in [0.29, 0.717) is 0 Å². The van der Waals surface area contributed by atoms with Crippen LogP contribution in [0, 0.1) is 0 Å². The van der Waals surface area contributed by atoms with E-state index in [1.807, 2.05) is 13.8 Å². The molecule has 0 aromatic carbocycles. The van der Waals surface area contributed by atoms with Crippen LogP contribution in [0.5, 0.6) is 0 Å². The Morgan fingerprint density at radius 2 is 1.80 bits per heavy atom. The highest BCUT2D eigenvalue weighted by atomic mass is 35.5. The quantitative estimate of drug-likeness (QED) is 0.414. The van der Waals surface area contributed by atoms with Gasteiger partial charge < -0.3 is 0 Å². The lowest BCUT2D eigenvalue weighted by Crippen LogP contribution is -2.16. The topological polar surface area (TPSA) is 12.4 Å². The largest absolute Gasteiger partial charge is 0.287 e. The van der Waals surface area contributed by atoms with Gasteiger partial charge in [-0.2, -0.15) is 0 Å². The lowest BCUT2D eigenvalue weighted by molar-refractivity contribution is 0.582. The summed E-state index contributed by atoms with van der Waals surface area (Å²) in [6, 6.07) is 0. The third-order valence-corrected chi connectivity index (χ3v) is 1.40. The molecule has 0 rings (SSSR count). The van der Waals surface area contributed by atoms with Crippen molar-refractivity contribution in [3.63, 3.8) is 0 Å². The number of hydrogen-bond donors (Lipinski definition) is 0. The van der Waals surface area contributed by atoms with E-state index in [4.69, 9.17) is 11.6 Å². The summed E-state index contributed by atoms with van der Waals surface area (Å²) in [5, 5.41) is 0.0548. The van der Waals surface area contributed by atoms with Gasteiger partial charge in [0.05, 0.1) is 10.9 Å². The average molecular weight is 162 g/mol. The molecule has 0 heterocycles. The van der Waals surface area contributed by atoms with Gasteiger partial charge in [-0.1, -0.05) is 0 Å². The standard InChI is InChI=1S/C8H16ClN/c1-6(9)7(2)10-8(3,4)5/h6H,1-5H3/t6-/m0/s1. The van der Waals surface area contributed by atoms with Gasteiger partial charge in [0.2, 0.25) is 0 Å². The Kier molecular flexibility index (Phi) is 3.37. The van der Waals surface area contributed by atoms with E-state index in [1.54, 1.807) is 0 Å². The Balaban J connectivity index is 4.17. The highest BCUT2D eigenvalue weighted by Crippen LogP contribution is 2.09. The number of nitrogens with zero attached hydrogens (tertiary/aromatic N) is 1. The fraction of sp³-hybridized carbons (Fsp3) is 0.875. The van der Waals surface area contributed by atoms with E-state index in [1.165, 1.54) is 0 Å². The van der Waals surface area contributed by atoms with E-state index in [-0.39, 0.29) is 10.9 Å². The van der Waals surface area contributed by atoms with Crippen LogP contribution < -0.4 is 0 Å². The zero-order chi connectivity index (χ0) is 8.36. The van der Waals surface area contributed by atoms with E-state index in [9.17, 15) is 0 Å². The molecule has 60 valence electrons. The monoisotopic (exact) mass is 161 g/mol. The number of alkyl halides is 1. The fourth-order valence-electron chi connectivity index (χ4n) is 0.618. The van der Waals surface area contributed by atoms with Gasteiger partial charge in [-0.3, -0.25) is 4.99 Å². The fourth-order valence-corrected chi connectivity index (χ4v) is 0.667. The zero-order valence-electron chi connectivity index (χ0n) is 7.40. The number of halogens is 1. The van der Waals surface area contributed by atoms with Crippen molar-refractivity contribution >= 4 is 17.3 Å². The maximum atomic E-state index is 5.80. The minimum absolute atomic E-state index is 0.00718. The van der Waals surface area contributed by atoms with Crippen LogP contribution in [0.1, 0.15) is 34.6 Å². The minimum Gasteiger partial charge on any atom is -0.287 e. The Bertz CT molecular complexity index is 131. The van der Waals surface area contributed by atoms with Crippen molar-refractivity contribution in [3.8, 4) is 0 Å². The van der Waals surface area contributed by atoms with Crippen LogP contribution in [0.4, 0.5) is 0 Å². The van der Waals surface area contributed by atoms with Gasteiger partial charge >= 0.3 is 0 Å². The lowest BCUT2D eigenvalue weighted by Gasteiger charge is -2.14. The summed E-state index contributed by atoms with van der Waals surface area (Å²) < 4.78 is 0. The molecule has 1 nitrogen and oxygen atoms in total. The maximum absolute atomic E-state index is 5.80. The summed E-state index contributed by atoms with van der Waals surface area (Å²) in [6.45, 7) is 10.1. The molecular weight excluding hydrogens is 146 g/mol. The van der Waals surface area contributed by atoms with Gasteiger partial charge in [-0.15, -0.1) is 11.6 Å². The molecule has 0 radical (unpaired) electrons. The van der Waals surface area contributed by atoms with Crippen LogP contribution in [-0.4, -0.2) is 16.6 Å². The molecule has 0 saturated heterocycles. The Morgan fingerprint density at radius 3 is 1.90 bits per heavy atom. The molecule has 0 N–H and O–H groups in total. The van der Waals surface area contributed by atoms with Crippen molar-refractivity contribution in [2.45, 2.75) is 45.5 Å². The normalized spacial score (nSPS) is 17.2. The van der Waals surface area contributed by atoms with E-state index < -0.39 is 0 Å². The molecule has 10 heavy (non-hydrogen) atoms. The Labute approximate surface area is 68.5 Å². The summed E-state index contributed by atoms with van der Waals surface area (Å²) in [7, 11) is 0. The molecule has 0 aliphatic heterocycles. The summed E-state index contributed by atoms with van der Waals surface area (Å²) in [4.78, 5) is 4.39. The molecule has 0 bridgehead atoms. The van der Waals surface area contributed by atoms with Crippen LogP contribution in [0.3, 0.4) is 0 Å². The minimum atomic E-state index is 0.00718. The van der Waals surface area contributed by atoms with Crippen LogP contribution in [-0.2, 0) is 0 Å². The molecule has 0 saturated carbocycles. The molecule has 0 spiro atoms. The second-order valence-corrected chi connectivity index (χ2v) is 4.19. The average Bonchev–Trinajstić information content (AvgIpc) is 1.60. The van der Waals surface area contributed by atoms with Crippen molar-refractivity contribution in [2.75, 3.05) is 0 Å². The molecule has 2 heteroatoms. The van der Waals surface area contributed by atoms with Crippen molar-refractivity contribution in [2.24, 2.45) is 4.99 Å². The first-order valence-electron chi connectivity index (χ1n) is 3.53. The van der Waals surface area contributed by atoms with Gasteiger partial charge in [0.15, 0.2) is 0 Å². The van der Waals surface area contributed by atoms with Crippen molar-refractivity contribution in [1.82, 2.24) is 0 Å². The van der Waals surface area contributed by atoms with Crippen molar-refractivity contribution < 1.29 is 0 Å². The van der Waals surface area contributed by atoms with Crippen molar-refractivity contribution in [3.05, 3.63) is 0 Å². The molecule has 0 aliphatic rings.